The van der Waals surface area contributed by atoms with Crippen LogP contribution in [0, 0.1) is 13.8 Å². The zero-order valence-corrected chi connectivity index (χ0v) is 12.1. The van der Waals surface area contributed by atoms with Crippen LogP contribution in [-0.4, -0.2) is 6.15 Å². The average Bonchev–Trinajstić information content (AvgIpc) is 2.50. The molecule has 0 aromatic heterocycles. The minimum atomic E-state index is 0.250. The third-order valence-corrected chi connectivity index (χ3v) is 3.63. The highest BCUT2D eigenvalue weighted by atomic mass is 16.2. The van der Waals surface area contributed by atoms with Gasteiger partial charge in [-0.3, -0.25) is 0 Å². The molecule has 3 aromatic carbocycles. The number of hydrogen-bond acceptors (Lipinski definition) is 2. The molecule has 3 rings (SSSR count). The van der Waals surface area contributed by atoms with Crippen molar-refractivity contribution in [1.29, 1.82) is 0 Å². The van der Waals surface area contributed by atoms with E-state index in [2.05, 4.69) is 74.5 Å². The van der Waals surface area contributed by atoms with Crippen LogP contribution in [0.3, 0.4) is 0 Å². The predicted octanol–water partition coefficient (Wildman–Crippen LogP) is 4.54. The van der Waals surface area contributed by atoms with E-state index in [4.69, 9.17) is 9.59 Å². The maximum absolute atomic E-state index is 8.12. The van der Waals surface area contributed by atoms with Gasteiger partial charge in [0.1, 0.15) is 0 Å². The van der Waals surface area contributed by atoms with Crippen LogP contribution in [0.25, 0.3) is 21.9 Å². The molecule has 0 bridgehead atoms. The summed E-state index contributed by atoms with van der Waals surface area (Å²) in [6.45, 7) is 4.38. The highest BCUT2D eigenvalue weighted by Gasteiger charge is 2.06. The van der Waals surface area contributed by atoms with Crippen LogP contribution in [0.5, 0.6) is 0 Å². The van der Waals surface area contributed by atoms with E-state index >= 15 is 0 Å². The first-order chi connectivity index (χ1) is 10.2. The first kappa shape index (κ1) is 14.7. The molecule has 0 aliphatic heterocycles. The summed E-state index contributed by atoms with van der Waals surface area (Å²) >= 11 is 0. The molecule has 0 aliphatic carbocycles. The van der Waals surface area contributed by atoms with E-state index in [0.717, 1.165) is 0 Å². The number of benzene rings is 3. The molecule has 0 heterocycles. The Labute approximate surface area is 124 Å². The third kappa shape index (κ3) is 3.07. The lowest BCUT2D eigenvalue weighted by atomic mass is 9.93. The van der Waals surface area contributed by atoms with Gasteiger partial charge < -0.3 is 0 Å². The summed E-state index contributed by atoms with van der Waals surface area (Å²) in [5.41, 5.74) is 5.37. The zero-order chi connectivity index (χ0) is 15.2. The molecule has 3 aromatic rings. The lowest BCUT2D eigenvalue weighted by molar-refractivity contribution is -0.191. The lowest BCUT2D eigenvalue weighted by Crippen LogP contribution is -1.88. The van der Waals surface area contributed by atoms with Crippen LogP contribution in [0.2, 0.25) is 0 Å². The van der Waals surface area contributed by atoms with Crippen molar-refractivity contribution < 1.29 is 9.59 Å². The second kappa shape index (κ2) is 6.65. The van der Waals surface area contributed by atoms with Gasteiger partial charge in [0, 0.05) is 0 Å². The van der Waals surface area contributed by atoms with Crippen LogP contribution in [0.15, 0.2) is 60.7 Å². The van der Waals surface area contributed by atoms with Gasteiger partial charge >= 0.3 is 6.15 Å². The second-order valence-corrected chi connectivity index (χ2v) is 4.86. The van der Waals surface area contributed by atoms with Crippen molar-refractivity contribution in [3.63, 3.8) is 0 Å². The van der Waals surface area contributed by atoms with Gasteiger partial charge in [-0.25, -0.2) is 0 Å². The van der Waals surface area contributed by atoms with Crippen LogP contribution in [0.4, 0.5) is 0 Å². The highest BCUT2D eigenvalue weighted by Crippen LogP contribution is 2.31. The van der Waals surface area contributed by atoms with Gasteiger partial charge in [0.2, 0.25) is 0 Å². The van der Waals surface area contributed by atoms with Crippen LogP contribution >= 0.6 is 0 Å². The molecule has 2 nitrogen and oxygen atoms in total. The molecule has 0 N–H and O–H groups in total. The Bertz CT molecular complexity index is 798. The summed E-state index contributed by atoms with van der Waals surface area (Å²) in [6.07, 6.45) is 0.250. The molecule has 104 valence electrons. The molecule has 0 aliphatic rings. The molecule has 2 heteroatoms. The molecule has 21 heavy (non-hydrogen) atoms. The Balaban J connectivity index is 0.000000497. The normalized spacial score (nSPS) is 9.62. The minimum Gasteiger partial charge on any atom is -0.186 e. The van der Waals surface area contributed by atoms with Crippen LogP contribution in [-0.2, 0) is 9.59 Å². The standard InChI is InChI=1S/C18H16.CO2/c1-13-7-3-5-9-16(13)18-12-11-15-8-4-6-10-17(15)14(18)2;2-1-3/h3-12H,1-2H3;. The monoisotopic (exact) mass is 276 g/mol. The Kier molecular flexibility index (Phi) is 4.65. The van der Waals surface area contributed by atoms with Gasteiger partial charge in [0.15, 0.2) is 0 Å². The largest absolute Gasteiger partial charge is 0.373 e. The third-order valence-electron chi connectivity index (χ3n) is 3.63. The molecular formula is C19H16O2. The van der Waals surface area contributed by atoms with Crippen molar-refractivity contribution in [2.75, 3.05) is 0 Å². The van der Waals surface area contributed by atoms with E-state index in [1.54, 1.807) is 0 Å². The average molecular weight is 276 g/mol. The zero-order valence-electron chi connectivity index (χ0n) is 12.1. The molecule has 0 fully saturated rings. The van der Waals surface area contributed by atoms with Gasteiger partial charge in [0.25, 0.3) is 0 Å². The Morgan fingerprint density at radius 1 is 0.714 bits per heavy atom. The fourth-order valence-corrected chi connectivity index (χ4v) is 2.59. The molecular weight excluding hydrogens is 260 g/mol. The van der Waals surface area contributed by atoms with Gasteiger partial charge in [-0.2, -0.15) is 9.59 Å². The van der Waals surface area contributed by atoms with Crippen molar-refractivity contribution in [3.8, 4) is 11.1 Å². The summed E-state index contributed by atoms with van der Waals surface area (Å²) in [5.74, 6) is 0. The Morgan fingerprint density at radius 3 is 2.05 bits per heavy atom. The van der Waals surface area contributed by atoms with Crippen molar-refractivity contribution >= 4 is 16.9 Å². The fraction of sp³-hybridized carbons (Fsp3) is 0.105. The first-order valence-corrected chi connectivity index (χ1v) is 6.72. The predicted molar refractivity (Wildman–Crippen MR) is 83.9 cm³/mol. The van der Waals surface area contributed by atoms with Crippen molar-refractivity contribution in [3.05, 3.63) is 71.8 Å². The van der Waals surface area contributed by atoms with E-state index in [9.17, 15) is 0 Å². The molecule has 0 atom stereocenters. The second-order valence-electron chi connectivity index (χ2n) is 4.86. The van der Waals surface area contributed by atoms with Crippen molar-refractivity contribution in [2.24, 2.45) is 0 Å². The number of rotatable bonds is 1. The Hall–Kier alpha value is -2.70. The van der Waals surface area contributed by atoms with Crippen LogP contribution in [0.1, 0.15) is 11.1 Å². The summed E-state index contributed by atoms with van der Waals surface area (Å²) < 4.78 is 0. The van der Waals surface area contributed by atoms with Gasteiger partial charge in [-0.05, 0) is 46.9 Å². The number of aryl methyl sites for hydroxylation is 2. The number of hydrogen-bond donors (Lipinski definition) is 0. The maximum atomic E-state index is 8.12. The molecule has 0 saturated carbocycles. The lowest BCUT2D eigenvalue weighted by Gasteiger charge is -2.11. The minimum absolute atomic E-state index is 0.250. The van der Waals surface area contributed by atoms with Gasteiger partial charge in [0.05, 0.1) is 0 Å². The SMILES string of the molecule is Cc1ccccc1-c1ccc2ccccc2c1C.O=C=O. The summed E-state index contributed by atoms with van der Waals surface area (Å²) in [7, 11) is 0. The van der Waals surface area contributed by atoms with E-state index in [-0.39, 0.29) is 6.15 Å². The highest BCUT2D eigenvalue weighted by molar-refractivity contribution is 5.91. The summed E-state index contributed by atoms with van der Waals surface area (Å²) in [6, 6.07) is 21.6. The van der Waals surface area contributed by atoms with E-state index in [1.165, 1.54) is 33.0 Å². The molecule has 0 saturated heterocycles. The van der Waals surface area contributed by atoms with Crippen molar-refractivity contribution in [2.45, 2.75) is 13.8 Å². The molecule has 0 amide bonds. The number of fused-ring (bicyclic) bond motifs is 1. The first-order valence-electron chi connectivity index (χ1n) is 6.72. The smallest absolute Gasteiger partial charge is 0.186 e. The van der Waals surface area contributed by atoms with Crippen LogP contribution < -0.4 is 0 Å². The maximum Gasteiger partial charge on any atom is 0.373 e. The Morgan fingerprint density at radius 2 is 1.33 bits per heavy atom. The topological polar surface area (TPSA) is 34.1 Å². The molecule has 0 unspecified atom stereocenters. The molecule has 0 radical (unpaired) electrons. The van der Waals surface area contributed by atoms with Gasteiger partial charge in [-0.15, -0.1) is 0 Å². The van der Waals surface area contributed by atoms with Crippen molar-refractivity contribution in [1.82, 2.24) is 0 Å². The quantitative estimate of drug-likeness (QED) is 0.654. The van der Waals surface area contributed by atoms with Gasteiger partial charge in [-0.1, -0.05) is 60.7 Å². The van der Waals surface area contributed by atoms with E-state index < -0.39 is 0 Å². The number of carbonyl (C=O) groups excluding carboxylic acids is 2. The van der Waals surface area contributed by atoms with E-state index in [1.807, 2.05) is 0 Å². The summed E-state index contributed by atoms with van der Waals surface area (Å²) in [5, 5.41) is 2.66. The summed E-state index contributed by atoms with van der Waals surface area (Å²) in [4.78, 5) is 16.2. The van der Waals surface area contributed by atoms with E-state index in [0.29, 0.717) is 0 Å². The molecule has 0 spiro atoms. The fourth-order valence-electron chi connectivity index (χ4n) is 2.59.